The van der Waals surface area contributed by atoms with Crippen LogP contribution in [0, 0.1) is 0 Å². The first kappa shape index (κ1) is 12.5. The molecule has 1 unspecified atom stereocenters. The fourth-order valence-corrected chi connectivity index (χ4v) is 1.58. The lowest BCUT2D eigenvalue weighted by Gasteiger charge is -2.21. The van der Waals surface area contributed by atoms with Gasteiger partial charge < -0.3 is 15.0 Å². The largest absolute Gasteiger partial charge is 0.370 e. The zero-order valence-corrected chi connectivity index (χ0v) is 9.95. The molecule has 0 bridgehead atoms. The van der Waals surface area contributed by atoms with Gasteiger partial charge in [0.25, 0.3) is 0 Å². The smallest absolute Gasteiger partial charge is 0.248 e. The summed E-state index contributed by atoms with van der Waals surface area (Å²) >= 11 is 0. The maximum atomic E-state index is 11.5. The van der Waals surface area contributed by atoms with Crippen LogP contribution in [0.15, 0.2) is 0 Å². The maximum Gasteiger partial charge on any atom is 0.248 e. The van der Waals surface area contributed by atoms with Gasteiger partial charge in [-0.05, 0) is 33.2 Å². The van der Waals surface area contributed by atoms with Gasteiger partial charge in [0.2, 0.25) is 5.91 Å². The van der Waals surface area contributed by atoms with Gasteiger partial charge in [-0.2, -0.15) is 0 Å². The van der Waals surface area contributed by atoms with E-state index in [4.69, 9.17) is 4.74 Å². The van der Waals surface area contributed by atoms with Crippen molar-refractivity contribution < 1.29 is 9.53 Å². The third-order valence-corrected chi connectivity index (χ3v) is 2.87. The summed E-state index contributed by atoms with van der Waals surface area (Å²) in [6.07, 6.45) is 2.38. The van der Waals surface area contributed by atoms with Gasteiger partial charge in [0.05, 0.1) is 6.61 Å². The minimum Gasteiger partial charge on any atom is -0.370 e. The first-order valence-corrected chi connectivity index (χ1v) is 5.68. The Kier molecular flexibility index (Phi) is 5.05. The van der Waals surface area contributed by atoms with Crippen molar-refractivity contribution in [2.75, 3.05) is 26.8 Å². The Morgan fingerprint density at radius 1 is 1.60 bits per heavy atom. The van der Waals surface area contributed by atoms with E-state index in [9.17, 15) is 4.79 Å². The van der Waals surface area contributed by atoms with Gasteiger partial charge in [-0.1, -0.05) is 0 Å². The van der Waals surface area contributed by atoms with Crippen molar-refractivity contribution in [3.63, 3.8) is 0 Å². The second-order valence-corrected chi connectivity index (χ2v) is 4.41. The highest BCUT2D eigenvalue weighted by molar-refractivity contribution is 5.77. The number of ether oxygens (including phenoxy) is 1. The van der Waals surface area contributed by atoms with Crippen LogP contribution in [0.5, 0.6) is 0 Å². The molecule has 15 heavy (non-hydrogen) atoms. The molecule has 0 spiro atoms. The van der Waals surface area contributed by atoms with Gasteiger partial charge in [0.1, 0.15) is 6.61 Å². The number of nitrogens with zero attached hydrogens (tertiary/aromatic N) is 1. The van der Waals surface area contributed by atoms with Crippen LogP contribution in [0.3, 0.4) is 0 Å². The van der Waals surface area contributed by atoms with Crippen molar-refractivity contribution in [3.8, 4) is 0 Å². The predicted molar refractivity (Wildman–Crippen MR) is 59.7 cm³/mol. The zero-order valence-electron chi connectivity index (χ0n) is 9.95. The van der Waals surface area contributed by atoms with Crippen LogP contribution in [0.25, 0.3) is 0 Å². The quantitative estimate of drug-likeness (QED) is 0.729. The summed E-state index contributed by atoms with van der Waals surface area (Å²) < 4.78 is 5.40. The molecular formula is C11H22N2O2. The standard InChI is InChI=1S/C11H22N2O2/c1-9(2)13(3)11(14)8-15-7-10-5-4-6-12-10/h9-10,12H,4-8H2,1-3H3. The molecule has 0 saturated carbocycles. The van der Waals surface area contributed by atoms with Crippen molar-refractivity contribution in [2.45, 2.75) is 38.8 Å². The maximum absolute atomic E-state index is 11.5. The molecule has 4 nitrogen and oxygen atoms in total. The van der Waals surface area contributed by atoms with E-state index in [-0.39, 0.29) is 18.6 Å². The van der Waals surface area contributed by atoms with Gasteiger partial charge in [-0.15, -0.1) is 0 Å². The fourth-order valence-electron chi connectivity index (χ4n) is 1.58. The highest BCUT2D eigenvalue weighted by atomic mass is 16.5. The van der Waals surface area contributed by atoms with Crippen LogP contribution in [0.2, 0.25) is 0 Å². The van der Waals surface area contributed by atoms with E-state index in [1.165, 1.54) is 6.42 Å². The van der Waals surface area contributed by atoms with Crippen molar-refractivity contribution in [3.05, 3.63) is 0 Å². The summed E-state index contributed by atoms with van der Waals surface area (Å²) in [6.45, 7) is 5.92. The van der Waals surface area contributed by atoms with E-state index in [1.807, 2.05) is 20.9 Å². The molecule has 0 aliphatic carbocycles. The van der Waals surface area contributed by atoms with E-state index in [2.05, 4.69) is 5.32 Å². The lowest BCUT2D eigenvalue weighted by atomic mass is 10.2. The van der Waals surface area contributed by atoms with Crippen LogP contribution < -0.4 is 5.32 Å². The van der Waals surface area contributed by atoms with E-state index in [0.717, 1.165) is 13.0 Å². The molecule has 88 valence electrons. The first-order chi connectivity index (χ1) is 7.11. The SMILES string of the molecule is CC(C)N(C)C(=O)COCC1CCCN1. The van der Waals surface area contributed by atoms with Crippen LogP contribution in [-0.2, 0) is 9.53 Å². The highest BCUT2D eigenvalue weighted by Crippen LogP contribution is 2.05. The Labute approximate surface area is 92.0 Å². The molecule has 1 rings (SSSR count). The van der Waals surface area contributed by atoms with Gasteiger partial charge in [-0.25, -0.2) is 0 Å². The molecule has 1 amide bonds. The number of nitrogens with one attached hydrogen (secondary N) is 1. The minimum atomic E-state index is 0.0583. The molecule has 0 aromatic carbocycles. The summed E-state index contributed by atoms with van der Waals surface area (Å²) in [7, 11) is 1.81. The van der Waals surface area contributed by atoms with Crippen molar-refractivity contribution >= 4 is 5.91 Å². The second-order valence-electron chi connectivity index (χ2n) is 4.41. The topological polar surface area (TPSA) is 41.6 Å². The zero-order chi connectivity index (χ0) is 11.3. The van der Waals surface area contributed by atoms with Gasteiger partial charge in [-0.3, -0.25) is 4.79 Å². The van der Waals surface area contributed by atoms with Crippen molar-refractivity contribution in [1.29, 1.82) is 0 Å². The lowest BCUT2D eigenvalue weighted by molar-refractivity contribution is -0.136. The molecule has 1 aliphatic rings. The van der Waals surface area contributed by atoms with Crippen LogP contribution in [-0.4, -0.2) is 49.7 Å². The molecular weight excluding hydrogens is 192 g/mol. The van der Waals surface area contributed by atoms with Gasteiger partial charge in [0.15, 0.2) is 0 Å². The normalized spacial score (nSPS) is 20.9. The number of carbonyl (C=O) groups is 1. The minimum absolute atomic E-state index is 0.0583. The molecule has 0 aromatic rings. The third kappa shape index (κ3) is 4.18. The lowest BCUT2D eigenvalue weighted by Crippen LogP contribution is -2.37. The number of amides is 1. The first-order valence-electron chi connectivity index (χ1n) is 5.68. The third-order valence-electron chi connectivity index (χ3n) is 2.87. The summed E-state index contributed by atoms with van der Waals surface area (Å²) in [5.41, 5.74) is 0. The number of likely N-dealkylation sites (N-methyl/N-ethyl adjacent to an activating group) is 1. The number of hydrogen-bond donors (Lipinski definition) is 1. The van der Waals surface area contributed by atoms with Crippen molar-refractivity contribution in [1.82, 2.24) is 10.2 Å². The van der Waals surface area contributed by atoms with E-state index >= 15 is 0 Å². The Morgan fingerprint density at radius 3 is 2.87 bits per heavy atom. The van der Waals surface area contributed by atoms with Crippen LogP contribution >= 0.6 is 0 Å². The van der Waals surface area contributed by atoms with Gasteiger partial charge >= 0.3 is 0 Å². The number of hydrogen-bond acceptors (Lipinski definition) is 3. The van der Waals surface area contributed by atoms with Crippen LogP contribution in [0.4, 0.5) is 0 Å². The summed E-state index contributed by atoms with van der Waals surface area (Å²) in [6, 6.07) is 0.688. The Morgan fingerprint density at radius 2 is 2.33 bits per heavy atom. The Balaban J connectivity index is 2.11. The monoisotopic (exact) mass is 214 g/mol. The molecule has 1 heterocycles. The molecule has 1 aliphatic heterocycles. The molecule has 1 N–H and O–H groups in total. The predicted octanol–water partition coefficient (Wildman–Crippen LogP) is 0.622. The van der Waals surface area contributed by atoms with Crippen molar-refractivity contribution in [2.24, 2.45) is 0 Å². The Hall–Kier alpha value is -0.610. The fraction of sp³-hybridized carbons (Fsp3) is 0.909. The van der Waals surface area contributed by atoms with Gasteiger partial charge in [0, 0.05) is 19.1 Å². The molecule has 1 saturated heterocycles. The van der Waals surface area contributed by atoms with E-state index < -0.39 is 0 Å². The molecule has 0 aromatic heterocycles. The highest BCUT2D eigenvalue weighted by Gasteiger charge is 2.16. The molecule has 1 fully saturated rings. The molecule has 4 heteroatoms. The molecule has 0 radical (unpaired) electrons. The van der Waals surface area contributed by atoms with E-state index in [0.29, 0.717) is 12.6 Å². The summed E-state index contributed by atoms with van der Waals surface area (Å²) in [5.74, 6) is 0.0583. The second kappa shape index (κ2) is 6.08. The summed E-state index contributed by atoms with van der Waals surface area (Å²) in [5, 5.41) is 3.33. The average Bonchev–Trinajstić information content (AvgIpc) is 2.69. The number of carbonyl (C=O) groups excluding carboxylic acids is 1. The van der Waals surface area contributed by atoms with Crippen LogP contribution in [0.1, 0.15) is 26.7 Å². The average molecular weight is 214 g/mol. The molecule has 1 atom stereocenters. The summed E-state index contributed by atoms with van der Waals surface area (Å²) in [4.78, 5) is 13.2. The Bertz CT molecular complexity index is 201. The van der Waals surface area contributed by atoms with E-state index in [1.54, 1.807) is 4.90 Å². The number of rotatable bonds is 5.